The minimum atomic E-state index is -0.207. The van der Waals surface area contributed by atoms with E-state index >= 15 is 0 Å². The first-order chi connectivity index (χ1) is 14.1. The molecule has 1 N–H and O–H groups in total. The number of rotatable bonds is 9. The topological polar surface area (TPSA) is 35.6 Å². The molecular weight excluding hydrogens is 365 g/mol. The Morgan fingerprint density at radius 1 is 1.00 bits per heavy atom. The van der Waals surface area contributed by atoms with Crippen molar-refractivity contribution in [3.63, 3.8) is 0 Å². The Kier molecular flexibility index (Phi) is 8.20. The van der Waals surface area contributed by atoms with E-state index in [0.717, 1.165) is 51.0 Å². The molecular formula is C24H32FN3O. The van der Waals surface area contributed by atoms with Crippen molar-refractivity contribution < 1.29 is 9.18 Å². The molecule has 4 nitrogen and oxygen atoms in total. The minimum absolute atomic E-state index is 0.110. The van der Waals surface area contributed by atoms with Gasteiger partial charge in [-0.25, -0.2) is 4.39 Å². The first kappa shape index (κ1) is 21.5. The average Bonchev–Trinajstić information content (AvgIpc) is 2.75. The number of nitrogens with zero attached hydrogens (tertiary/aromatic N) is 2. The molecule has 1 amide bonds. The number of hydrogen-bond donors (Lipinski definition) is 1. The number of carbonyl (C=O) groups excluding carboxylic acids is 1. The van der Waals surface area contributed by atoms with Gasteiger partial charge in [0.25, 0.3) is 0 Å². The zero-order valence-electron chi connectivity index (χ0n) is 17.3. The highest BCUT2D eigenvalue weighted by atomic mass is 19.1. The minimum Gasteiger partial charge on any atom is -0.354 e. The fourth-order valence-electron chi connectivity index (χ4n) is 3.83. The molecule has 1 aliphatic rings. The molecule has 0 spiro atoms. The summed E-state index contributed by atoms with van der Waals surface area (Å²) in [5.74, 6) is -0.0967. The van der Waals surface area contributed by atoms with Crippen LogP contribution in [-0.4, -0.2) is 55.5 Å². The van der Waals surface area contributed by atoms with Gasteiger partial charge in [-0.3, -0.25) is 9.69 Å². The van der Waals surface area contributed by atoms with Crippen LogP contribution in [0.5, 0.6) is 0 Å². The SMILES string of the molecule is CN1CCN(C(CNC(=O)CCCCc2ccc(F)cc2)c2ccccc2)CC1. The van der Waals surface area contributed by atoms with Crippen LogP contribution in [0.15, 0.2) is 54.6 Å². The molecule has 3 rings (SSSR count). The molecule has 0 aromatic heterocycles. The number of piperazine rings is 1. The van der Waals surface area contributed by atoms with E-state index in [-0.39, 0.29) is 17.8 Å². The number of benzene rings is 2. The first-order valence-electron chi connectivity index (χ1n) is 10.6. The van der Waals surface area contributed by atoms with E-state index in [4.69, 9.17) is 0 Å². The van der Waals surface area contributed by atoms with Crippen molar-refractivity contribution in [2.75, 3.05) is 39.8 Å². The van der Waals surface area contributed by atoms with Crippen LogP contribution in [0.2, 0.25) is 0 Å². The molecule has 156 valence electrons. The second-order valence-electron chi connectivity index (χ2n) is 7.90. The van der Waals surface area contributed by atoms with E-state index in [1.807, 2.05) is 18.2 Å². The van der Waals surface area contributed by atoms with Gasteiger partial charge in [0.2, 0.25) is 5.91 Å². The fourth-order valence-corrected chi connectivity index (χ4v) is 3.83. The van der Waals surface area contributed by atoms with Gasteiger partial charge in [-0.1, -0.05) is 42.5 Å². The molecule has 5 heteroatoms. The number of carbonyl (C=O) groups is 1. The van der Waals surface area contributed by atoms with E-state index in [0.29, 0.717) is 13.0 Å². The second-order valence-corrected chi connectivity index (χ2v) is 7.90. The van der Waals surface area contributed by atoms with Crippen molar-refractivity contribution in [2.45, 2.75) is 31.7 Å². The van der Waals surface area contributed by atoms with Gasteiger partial charge in [0.15, 0.2) is 0 Å². The van der Waals surface area contributed by atoms with Gasteiger partial charge in [-0.2, -0.15) is 0 Å². The zero-order chi connectivity index (χ0) is 20.5. The molecule has 1 unspecified atom stereocenters. The fraction of sp³-hybridized carbons (Fsp3) is 0.458. The van der Waals surface area contributed by atoms with Crippen molar-refractivity contribution in [1.82, 2.24) is 15.1 Å². The van der Waals surface area contributed by atoms with Crippen LogP contribution >= 0.6 is 0 Å². The van der Waals surface area contributed by atoms with E-state index < -0.39 is 0 Å². The Morgan fingerprint density at radius 2 is 1.69 bits per heavy atom. The lowest BCUT2D eigenvalue weighted by Gasteiger charge is -2.38. The Morgan fingerprint density at radius 3 is 2.38 bits per heavy atom. The van der Waals surface area contributed by atoms with Crippen molar-refractivity contribution in [3.8, 4) is 0 Å². The first-order valence-corrected chi connectivity index (χ1v) is 10.6. The number of unbranched alkanes of at least 4 members (excludes halogenated alkanes) is 1. The van der Waals surface area contributed by atoms with Crippen LogP contribution in [-0.2, 0) is 11.2 Å². The molecule has 29 heavy (non-hydrogen) atoms. The third-order valence-electron chi connectivity index (χ3n) is 5.69. The van der Waals surface area contributed by atoms with Gasteiger partial charge >= 0.3 is 0 Å². The van der Waals surface area contributed by atoms with Crippen LogP contribution in [0.1, 0.15) is 36.4 Å². The maximum Gasteiger partial charge on any atom is 0.220 e. The van der Waals surface area contributed by atoms with E-state index in [9.17, 15) is 9.18 Å². The monoisotopic (exact) mass is 397 g/mol. The smallest absolute Gasteiger partial charge is 0.220 e. The normalized spacial score (nSPS) is 16.5. The Hall–Kier alpha value is -2.24. The largest absolute Gasteiger partial charge is 0.354 e. The molecule has 1 atom stereocenters. The summed E-state index contributed by atoms with van der Waals surface area (Å²) in [6.45, 7) is 4.79. The molecule has 0 aliphatic carbocycles. The summed E-state index contributed by atoms with van der Waals surface area (Å²) in [5.41, 5.74) is 2.37. The van der Waals surface area contributed by atoms with Crippen LogP contribution in [0.3, 0.4) is 0 Å². The summed E-state index contributed by atoms with van der Waals surface area (Å²) >= 11 is 0. The number of aryl methyl sites for hydroxylation is 1. The van der Waals surface area contributed by atoms with E-state index in [1.165, 1.54) is 17.7 Å². The van der Waals surface area contributed by atoms with Crippen molar-refractivity contribution in [2.24, 2.45) is 0 Å². The van der Waals surface area contributed by atoms with Crippen molar-refractivity contribution >= 4 is 5.91 Å². The van der Waals surface area contributed by atoms with Crippen molar-refractivity contribution in [3.05, 3.63) is 71.5 Å². The molecule has 0 saturated carbocycles. The van der Waals surface area contributed by atoms with Gasteiger partial charge in [-0.15, -0.1) is 0 Å². The molecule has 1 fully saturated rings. The Bertz CT molecular complexity index is 742. The molecule has 0 bridgehead atoms. The molecule has 1 saturated heterocycles. The maximum absolute atomic E-state index is 12.9. The standard InChI is InChI=1S/C24H32FN3O/c1-27-15-17-28(18-16-27)23(21-8-3-2-4-9-21)19-26-24(29)10-6-5-7-20-11-13-22(25)14-12-20/h2-4,8-9,11-14,23H,5-7,10,15-19H2,1H3,(H,26,29). The number of amides is 1. The van der Waals surface area contributed by atoms with Crippen LogP contribution < -0.4 is 5.32 Å². The van der Waals surface area contributed by atoms with E-state index in [2.05, 4.69) is 46.4 Å². The van der Waals surface area contributed by atoms with Gasteiger partial charge in [-0.05, 0) is 49.6 Å². The predicted octanol–water partition coefficient (Wildman–Crippen LogP) is 3.64. The highest BCUT2D eigenvalue weighted by Gasteiger charge is 2.24. The lowest BCUT2D eigenvalue weighted by Crippen LogP contribution is -2.48. The second kappa shape index (κ2) is 11.1. The maximum atomic E-state index is 12.9. The lowest BCUT2D eigenvalue weighted by atomic mass is 10.0. The molecule has 1 heterocycles. The average molecular weight is 398 g/mol. The van der Waals surface area contributed by atoms with Gasteiger partial charge in [0.1, 0.15) is 5.82 Å². The third-order valence-corrected chi connectivity index (χ3v) is 5.69. The number of nitrogens with one attached hydrogen (secondary N) is 1. The molecule has 1 aliphatic heterocycles. The van der Waals surface area contributed by atoms with Crippen LogP contribution in [0.25, 0.3) is 0 Å². The Balaban J connectivity index is 1.44. The zero-order valence-corrected chi connectivity index (χ0v) is 17.3. The molecule has 0 radical (unpaired) electrons. The summed E-state index contributed by atoms with van der Waals surface area (Å²) in [6.07, 6.45) is 3.18. The van der Waals surface area contributed by atoms with Crippen LogP contribution in [0, 0.1) is 5.82 Å². The van der Waals surface area contributed by atoms with Gasteiger partial charge in [0, 0.05) is 39.1 Å². The summed E-state index contributed by atoms with van der Waals surface area (Å²) in [7, 11) is 2.16. The highest BCUT2D eigenvalue weighted by Crippen LogP contribution is 2.21. The lowest BCUT2D eigenvalue weighted by molar-refractivity contribution is -0.121. The molecule has 2 aromatic rings. The summed E-state index contributed by atoms with van der Waals surface area (Å²) in [5, 5.41) is 3.15. The van der Waals surface area contributed by atoms with Crippen molar-refractivity contribution in [1.29, 1.82) is 0 Å². The predicted molar refractivity (Wildman–Crippen MR) is 115 cm³/mol. The van der Waals surface area contributed by atoms with Gasteiger partial charge < -0.3 is 10.2 Å². The number of halogens is 1. The quantitative estimate of drug-likeness (QED) is 0.656. The summed E-state index contributed by atoms with van der Waals surface area (Å²) in [6, 6.07) is 17.3. The number of likely N-dealkylation sites (N-methyl/N-ethyl adjacent to an activating group) is 1. The summed E-state index contributed by atoms with van der Waals surface area (Å²) < 4.78 is 12.9. The Labute approximate surface area is 173 Å². The summed E-state index contributed by atoms with van der Waals surface area (Å²) in [4.78, 5) is 17.2. The van der Waals surface area contributed by atoms with E-state index in [1.54, 1.807) is 0 Å². The van der Waals surface area contributed by atoms with Gasteiger partial charge in [0.05, 0.1) is 6.04 Å². The highest BCUT2D eigenvalue weighted by molar-refractivity contribution is 5.75. The molecule has 2 aromatic carbocycles. The number of hydrogen-bond acceptors (Lipinski definition) is 3. The van der Waals surface area contributed by atoms with Crippen LogP contribution in [0.4, 0.5) is 4.39 Å². The third kappa shape index (κ3) is 6.94.